The van der Waals surface area contributed by atoms with Gasteiger partial charge in [0.1, 0.15) is 6.61 Å². The largest absolute Gasteiger partial charge is 0.372 e. The van der Waals surface area contributed by atoms with Crippen LogP contribution in [-0.4, -0.2) is 19.1 Å². The number of amides is 1. The lowest BCUT2D eigenvalue weighted by Gasteiger charge is -2.15. The van der Waals surface area contributed by atoms with Gasteiger partial charge in [-0.2, -0.15) is 0 Å². The normalized spacial score (nSPS) is 12.5. The van der Waals surface area contributed by atoms with Gasteiger partial charge in [-0.3, -0.25) is 4.79 Å². The van der Waals surface area contributed by atoms with Crippen LogP contribution >= 0.6 is 0 Å². The maximum Gasteiger partial charge on any atom is 0.246 e. The van der Waals surface area contributed by atoms with E-state index in [1.165, 1.54) is 5.56 Å². The van der Waals surface area contributed by atoms with Crippen LogP contribution < -0.4 is 5.32 Å². The molecule has 3 nitrogen and oxygen atoms in total. The van der Waals surface area contributed by atoms with Gasteiger partial charge in [-0.25, -0.2) is 0 Å². The van der Waals surface area contributed by atoms with E-state index in [9.17, 15) is 4.79 Å². The molecule has 18 heavy (non-hydrogen) atoms. The Kier molecular flexibility index (Phi) is 5.86. The number of benzene rings is 1. The van der Waals surface area contributed by atoms with Gasteiger partial charge in [0.15, 0.2) is 0 Å². The molecule has 1 amide bonds. The highest BCUT2D eigenvalue weighted by Gasteiger charge is 2.09. The first kappa shape index (κ1) is 14.7. The van der Waals surface area contributed by atoms with Crippen LogP contribution in [-0.2, 0) is 9.53 Å². The van der Waals surface area contributed by atoms with Crippen molar-refractivity contribution >= 4 is 5.91 Å². The van der Waals surface area contributed by atoms with Gasteiger partial charge in [-0.15, -0.1) is 0 Å². The molecule has 1 N–H and O–H groups in total. The van der Waals surface area contributed by atoms with E-state index in [0.29, 0.717) is 12.5 Å². The van der Waals surface area contributed by atoms with E-state index in [-0.39, 0.29) is 18.6 Å². The number of nitrogens with one attached hydrogen (secondary N) is 1. The van der Waals surface area contributed by atoms with Gasteiger partial charge in [0, 0.05) is 6.61 Å². The number of rotatable bonds is 6. The van der Waals surface area contributed by atoms with Crippen molar-refractivity contribution in [2.75, 3.05) is 13.2 Å². The van der Waals surface area contributed by atoms with Crippen molar-refractivity contribution in [2.24, 2.45) is 0 Å². The summed E-state index contributed by atoms with van der Waals surface area (Å²) in [6.45, 7) is 8.88. The first-order valence-corrected chi connectivity index (χ1v) is 6.51. The standard InChI is InChI=1S/C15H23NO2/c1-5-18-10-15(17)16-12(4)14-8-6-13(7-9-14)11(2)3/h6-9,11-12H,5,10H2,1-4H3,(H,16,17). The summed E-state index contributed by atoms with van der Waals surface area (Å²) in [5.74, 6) is 0.458. The fourth-order valence-corrected chi connectivity index (χ4v) is 1.73. The number of hydrogen-bond acceptors (Lipinski definition) is 2. The molecule has 1 atom stereocenters. The zero-order chi connectivity index (χ0) is 13.5. The Morgan fingerprint density at radius 2 is 1.72 bits per heavy atom. The van der Waals surface area contributed by atoms with Gasteiger partial charge < -0.3 is 10.1 Å². The van der Waals surface area contributed by atoms with Crippen LogP contribution in [0.3, 0.4) is 0 Å². The van der Waals surface area contributed by atoms with Crippen molar-refractivity contribution in [1.82, 2.24) is 5.32 Å². The lowest BCUT2D eigenvalue weighted by Crippen LogP contribution is -2.30. The third kappa shape index (κ3) is 4.49. The van der Waals surface area contributed by atoms with Crippen LogP contribution in [0.15, 0.2) is 24.3 Å². The minimum Gasteiger partial charge on any atom is -0.372 e. The molecule has 1 unspecified atom stereocenters. The number of carbonyl (C=O) groups is 1. The van der Waals surface area contributed by atoms with Crippen molar-refractivity contribution in [1.29, 1.82) is 0 Å². The molecule has 1 aromatic rings. The molecule has 0 aromatic heterocycles. The minimum absolute atomic E-state index is 0.0131. The predicted molar refractivity (Wildman–Crippen MR) is 73.6 cm³/mol. The lowest BCUT2D eigenvalue weighted by molar-refractivity contribution is -0.126. The fraction of sp³-hybridized carbons (Fsp3) is 0.533. The summed E-state index contributed by atoms with van der Waals surface area (Å²) in [6, 6.07) is 8.39. The quantitative estimate of drug-likeness (QED) is 0.841. The number of carbonyl (C=O) groups excluding carboxylic acids is 1. The van der Waals surface area contributed by atoms with Gasteiger partial charge in [-0.05, 0) is 30.9 Å². The Morgan fingerprint density at radius 3 is 2.22 bits per heavy atom. The van der Waals surface area contributed by atoms with Crippen LogP contribution in [0.1, 0.15) is 50.8 Å². The first-order valence-electron chi connectivity index (χ1n) is 6.51. The molecule has 0 radical (unpaired) electrons. The zero-order valence-corrected chi connectivity index (χ0v) is 11.7. The number of hydrogen-bond donors (Lipinski definition) is 1. The van der Waals surface area contributed by atoms with Crippen LogP contribution in [0, 0.1) is 0 Å². The van der Waals surface area contributed by atoms with E-state index in [4.69, 9.17) is 4.74 Å². The Labute approximate surface area is 110 Å². The highest BCUT2D eigenvalue weighted by molar-refractivity contribution is 5.77. The molecule has 1 aromatic carbocycles. The summed E-state index contributed by atoms with van der Waals surface area (Å²) in [5.41, 5.74) is 2.43. The summed E-state index contributed by atoms with van der Waals surface area (Å²) < 4.78 is 5.07. The van der Waals surface area contributed by atoms with Crippen molar-refractivity contribution in [2.45, 2.75) is 39.7 Å². The van der Waals surface area contributed by atoms with Gasteiger partial charge in [0.2, 0.25) is 5.91 Å². The van der Waals surface area contributed by atoms with E-state index in [2.05, 4.69) is 43.4 Å². The topological polar surface area (TPSA) is 38.3 Å². The molecule has 0 heterocycles. The monoisotopic (exact) mass is 249 g/mol. The second-order valence-corrected chi connectivity index (χ2v) is 4.75. The summed E-state index contributed by atoms with van der Waals surface area (Å²) in [5, 5.41) is 2.92. The van der Waals surface area contributed by atoms with Crippen LogP contribution in [0.2, 0.25) is 0 Å². The molecule has 0 aliphatic rings. The average molecular weight is 249 g/mol. The van der Waals surface area contributed by atoms with Gasteiger partial charge in [-0.1, -0.05) is 38.1 Å². The summed E-state index contributed by atoms with van der Waals surface area (Å²) in [4.78, 5) is 11.5. The van der Waals surface area contributed by atoms with E-state index in [1.54, 1.807) is 0 Å². The molecule has 100 valence electrons. The van der Waals surface area contributed by atoms with Gasteiger partial charge in [0.25, 0.3) is 0 Å². The third-order valence-corrected chi connectivity index (χ3v) is 2.92. The first-order chi connectivity index (χ1) is 8.54. The lowest BCUT2D eigenvalue weighted by atomic mass is 9.99. The maximum absolute atomic E-state index is 11.5. The fourth-order valence-electron chi connectivity index (χ4n) is 1.73. The van der Waals surface area contributed by atoms with Crippen LogP contribution in [0.4, 0.5) is 0 Å². The molecule has 1 rings (SSSR count). The SMILES string of the molecule is CCOCC(=O)NC(C)c1ccc(C(C)C)cc1. The van der Waals surface area contributed by atoms with Crippen LogP contribution in [0.5, 0.6) is 0 Å². The summed E-state index contributed by atoms with van der Waals surface area (Å²) in [7, 11) is 0. The minimum atomic E-state index is -0.0720. The van der Waals surface area contributed by atoms with Crippen molar-refractivity contribution in [3.05, 3.63) is 35.4 Å². The maximum atomic E-state index is 11.5. The summed E-state index contributed by atoms with van der Waals surface area (Å²) in [6.07, 6.45) is 0. The predicted octanol–water partition coefficient (Wildman–Crippen LogP) is 3.02. The molecular formula is C15H23NO2. The van der Waals surface area contributed by atoms with Gasteiger partial charge >= 0.3 is 0 Å². The molecule has 0 saturated heterocycles. The van der Waals surface area contributed by atoms with Crippen molar-refractivity contribution in [3.63, 3.8) is 0 Å². The second kappa shape index (κ2) is 7.17. The van der Waals surface area contributed by atoms with Crippen LogP contribution in [0.25, 0.3) is 0 Å². The molecule has 0 spiro atoms. The van der Waals surface area contributed by atoms with Crippen molar-refractivity contribution < 1.29 is 9.53 Å². The number of ether oxygens (including phenoxy) is 1. The highest BCUT2D eigenvalue weighted by atomic mass is 16.5. The van der Waals surface area contributed by atoms with E-state index >= 15 is 0 Å². The highest BCUT2D eigenvalue weighted by Crippen LogP contribution is 2.18. The Hall–Kier alpha value is -1.35. The van der Waals surface area contributed by atoms with Gasteiger partial charge in [0.05, 0.1) is 6.04 Å². The smallest absolute Gasteiger partial charge is 0.246 e. The Morgan fingerprint density at radius 1 is 1.17 bits per heavy atom. The molecule has 3 heteroatoms. The zero-order valence-electron chi connectivity index (χ0n) is 11.7. The second-order valence-electron chi connectivity index (χ2n) is 4.75. The molecule has 0 fully saturated rings. The van der Waals surface area contributed by atoms with E-state index < -0.39 is 0 Å². The molecule has 0 bridgehead atoms. The van der Waals surface area contributed by atoms with Crippen molar-refractivity contribution in [3.8, 4) is 0 Å². The Balaban J connectivity index is 2.56. The van der Waals surface area contributed by atoms with E-state index in [1.807, 2.05) is 13.8 Å². The molecule has 0 saturated carbocycles. The average Bonchev–Trinajstić information content (AvgIpc) is 2.36. The Bertz CT molecular complexity index is 371. The third-order valence-electron chi connectivity index (χ3n) is 2.92. The molecular weight excluding hydrogens is 226 g/mol. The molecule has 0 aliphatic heterocycles. The van der Waals surface area contributed by atoms with E-state index in [0.717, 1.165) is 5.56 Å². The molecule has 0 aliphatic carbocycles. The summed E-state index contributed by atoms with van der Waals surface area (Å²) >= 11 is 0.